The molecule has 1 saturated heterocycles. The van der Waals surface area contributed by atoms with Gasteiger partial charge >= 0.3 is 0 Å². The third-order valence-electron chi connectivity index (χ3n) is 4.66. The van der Waals surface area contributed by atoms with Crippen molar-refractivity contribution in [1.82, 2.24) is 15.0 Å². The lowest BCUT2D eigenvalue weighted by molar-refractivity contribution is 0.0689. The van der Waals surface area contributed by atoms with E-state index in [4.69, 9.17) is 9.26 Å². The first-order valence-electron chi connectivity index (χ1n) is 8.63. The van der Waals surface area contributed by atoms with Crippen LogP contribution in [0.2, 0.25) is 0 Å². The minimum Gasteiger partial charge on any atom is -0.492 e. The molecule has 0 radical (unpaired) electrons. The normalized spacial score (nSPS) is 23.0. The van der Waals surface area contributed by atoms with Gasteiger partial charge in [-0.3, -0.25) is 4.79 Å². The summed E-state index contributed by atoms with van der Waals surface area (Å²) in [6, 6.07) is 6.83. The Kier molecular flexibility index (Phi) is 4.17. The third kappa shape index (κ3) is 3.37. The molecule has 0 spiro atoms. The Morgan fingerprint density at radius 1 is 1.40 bits per heavy atom. The fraction of sp³-hybridized carbons (Fsp3) is 0.500. The molecular formula is C18H21N3O4. The molecule has 1 aromatic heterocycles. The van der Waals surface area contributed by atoms with Crippen LogP contribution in [0.25, 0.3) is 0 Å². The topological polar surface area (TPSA) is 88.7 Å². The van der Waals surface area contributed by atoms with E-state index in [1.807, 2.05) is 18.2 Å². The molecule has 2 atom stereocenters. The lowest BCUT2D eigenvalue weighted by Gasteiger charge is -2.23. The number of aryl methyl sites for hydroxylation is 1. The van der Waals surface area contributed by atoms with E-state index in [2.05, 4.69) is 10.1 Å². The van der Waals surface area contributed by atoms with Crippen molar-refractivity contribution in [2.75, 3.05) is 13.2 Å². The van der Waals surface area contributed by atoms with Gasteiger partial charge in [-0.15, -0.1) is 0 Å². The van der Waals surface area contributed by atoms with E-state index in [1.165, 1.54) is 12.8 Å². The van der Waals surface area contributed by atoms with E-state index >= 15 is 0 Å². The molecule has 132 valence electrons. The summed E-state index contributed by atoms with van der Waals surface area (Å²) < 4.78 is 11.1. The quantitative estimate of drug-likeness (QED) is 0.894. The molecule has 0 unspecified atom stereocenters. The van der Waals surface area contributed by atoms with Crippen LogP contribution in [0.15, 0.2) is 28.8 Å². The fourth-order valence-corrected chi connectivity index (χ4v) is 3.14. The van der Waals surface area contributed by atoms with Crippen LogP contribution < -0.4 is 4.74 Å². The number of para-hydroxylation sites is 1. The molecule has 1 aliphatic heterocycles. The van der Waals surface area contributed by atoms with Gasteiger partial charge in [0.2, 0.25) is 5.89 Å². The number of nitrogens with zero attached hydrogens (tertiary/aromatic N) is 3. The highest BCUT2D eigenvalue weighted by Crippen LogP contribution is 2.35. The molecule has 25 heavy (non-hydrogen) atoms. The van der Waals surface area contributed by atoms with Crippen molar-refractivity contribution in [2.45, 2.75) is 38.3 Å². The molecule has 4 rings (SSSR count). The van der Waals surface area contributed by atoms with Gasteiger partial charge in [-0.1, -0.05) is 17.3 Å². The van der Waals surface area contributed by atoms with E-state index in [0.29, 0.717) is 42.0 Å². The van der Waals surface area contributed by atoms with E-state index in [1.54, 1.807) is 17.9 Å². The van der Waals surface area contributed by atoms with Gasteiger partial charge in [0.05, 0.1) is 18.3 Å². The maximum absolute atomic E-state index is 13.1. The summed E-state index contributed by atoms with van der Waals surface area (Å²) >= 11 is 0. The fourth-order valence-electron chi connectivity index (χ4n) is 3.14. The molecule has 1 saturated carbocycles. The number of benzene rings is 1. The molecule has 1 aliphatic carbocycles. The van der Waals surface area contributed by atoms with Crippen LogP contribution in [0.5, 0.6) is 5.75 Å². The van der Waals surface area contributed by atoms with Gasteiger partial charge < -0.3 is 19.3 Å². The number of β-amino-alcohol motifs (C(OH)–C–C–N with tert-alkyl or cyclic N) is 1. The number of carbonyl (C=O) groups excluding carboxylic acids is 1. The van der Waals surface area contributed by atoms with Crippen molar-refractivity contribution in [1.29, 1.82) is 0 Å². The average molecular weight is 343 g/mol. The number of ether oxygens (including phenoxy) is 1. The monoisotopic (exact) mass is 343 g/mol. The highest BCUT2D eigenvalue weighted by Gasteiger charge is 2.39. The Hall–Kier alpha value is -2.41. The first-order valence-corrected chi connectivity index (χ1v) is 8.63. The number of hydrogen-bond donors (Lipinski definition) is 1. The lowest BCUT2D eigenvalue weighted by Crippen LogP contribution is -2.32. The van der Waals surface area contributed by atoms with Crippen molar-refractivity contribution in [2.24, 2.45) is 5.92 Å². The minimum atomic E-state index is -0.610. The van der Waals surface area contributed by atoms with Crippen LogP contribution in [-0.4, -0.2) is 45.3 Å². The van der Waals surface area contributed by atoms with Gasteiger partial charge in [0, 0.05) is 13.0 Å². The summed E-state index contributed by atoms with van der Waals surface area (Å²) in [5.41, 5.74) is 0.499. The summed E-state index contributed by atoms with van der Waals surface area (Å²) in [7, 11) is 0. The summed E-state index contributed by atoms with van der Waals surface area (Å²) in [6.45, 7) is 2.60. The van der Waals surface area contributed by atoms with Gasteiger partial charge in [0.1, 0.15) is 11.8 Å². The molecule has 1 aromatic carbocycles. The zero-order chi connectivity index (χ0) is 17.4. The van der Waals surface area contributed by atoms with Gasteiger partial charge in [0.15, 0.2) is 5.82 Å². The smallest absolute Gasteiger partial charge is 0.258 e. The van der Waals surface area contributed by atoms with Crippen molar-refractivity contribution in [3.05, 3.63) is 41.5 Å². The summed E-state index contributed by atoms with van der Waals surface area (Å²) in [6.07, 6.45) is 2.15. The standard InChI is InChI=1S/C18H21N3O4/c1-11-19-17(25-20-11)15-8-13(22)9-21(15)18(23)14-4-2-3-5-16(14)24-10-12-6-7-12/h2-5,12-13,15,22H,6-10H2,1H3/t13-,15-/m1/s1. The SMILES string of the molecule is Cc1noc([C@H]2C[C@@H](O)CN2C(=O)c2ccccc2OCC2CC2)n1. The van der Waals surface area contributed by atoms with Gasteiger partial charge in [-0.25, -0.2) is 0 Å². The van der Waals surface area contributed by atoms with Crippen LogP contribution in [0.1, 0.15) is 47.4 Å². The van der Waals surface area contributed by atoms with Gasteiger partial charge in [0.25, 0.3) is 5.91 Å². The molecule has 2 aromatic rings. The first-order chi connectivity index (χ1) is 12.1. The summed E-state index contributed by atoms with van der Waals surface area (Å²) in [4.78, 5) is 18.9. The number of amides is 1. The average Bonchev–Trinajstić information content (AvgIpc) is 3.22. The molecule has 2 fully saturated rings. The predicted octanol–water partition coefficient (Wildman–Crippen LogP) is 2.11. The highest BCUT2D eigenvalue weighted by atomic mass is 16.5. The number of aromatic nitrogens is 2. The zero-order valence-electron chi connectivity index (χ0n) is 14.1. The maximum atomic E-state index is 13.1. The number of aliphatic hydroxyl groups is 1. The molecular weight excluding hydrogens is 322 g/mol. The summed E-state index contributed by atoms with van der Waals surface area (Å²) in [5.74, 6) is 1.87. The Labute approximate surface area is 145 Å². The molecule has 2 heterocycles. The van der Waals surface area contributed by atoms with E-state index in [-0.39, 0.29) is 12.5 Å². The van der Waals surface area contributed by atoms with E-state index < -0.39 is 12.1 Å². The van der Waals surface area contributed by atoms with Crippen molar-refractivity contribution in [3.63, 3.8) is 0 Å². The number of carbonyl (C=O) groups is 1. The second-order valence-electron chi connectivity index (χ2n) is 6.79. The molecule has 7 heteroatoms. The van der Waals surface area contributed by atoms with Crippen LogP contribution in [-0.2, 0) is 0 Å². The first kappa shape index (κ1) is 16.1. The Balaban J connectivity index is 1.58. The molecule has 1 amide bonds. The second-order valence-corrected chi connectivity index (χ2v) is 6.79. The van der Waals surface area contributed by atoms with Crippen molar-refractivity contribution < 1.29 is 19.2 Å². The van der Waals surface area contributed by atoms with Crippen LogP contribution in [0.3, 0.4) is 0 Å². The van der Waals surface area contributed by atoms with Gasteiger partial charge in [-0.05, 0) is 37.8 Å². The number of aliphatic hydroxyl groups excluding tert-OH is 1. The van der Waals surface area contributed by atoms with E-state index in [0.717, 1.165) is 0 Å². The molecule has 1 N–H and O–H groups in total. The van der Waals surface area contributed by atoms with Gasteiger partial charge in [-0.2, -0.15) is 4.98 Å². The van der Waals surface area contributed by atoms with Crippen molar-refractivity contribution in [3.8, 4) is 5.75 Å². The largest absolute Gasteiger partial charge is 0.492 e. The highest BCUT2D eigenvalue weighted by molar-refractivity contribution is 5.97. The van der Waals surface area contributed by atoms with Crippen molar-refractivity contribution >= 4 is 5.91 Å². The Morgan fingerprint density at radius 2 is 2.20 bits per heavy atom. The van der Waals surface area contributed by atoms with Crippen LogP contribution in [0.4, 0.5) is 0 Å². The Bertz CT molecular complexity index is 771. The van der Waals surface area contributed by atoms with Crippen LogP contribution >= 0.6 is 0 Å². The third-order valence-corrected chi connectivity index (χ3v) is 4.66. The molecule has 7 nitrogen and oxygen atoms in total. The van der Waals surface area contributed by atoms with Crippen LogP contribution in [0, 0.1) is 12.8 Å². The Morgan fingerprint density at radius 3 is 2.92 bits per heavy atom. The van der Waals surface area contributed by atoms with E-state index in [9.17, 15) is 9.90 Å². The number of likely N-dealkylation sites (tertiary alicyclic amines) is 1. The number of rotatable bonds is 5. The predicted molar refractivity (Wildman–Crippen MR) is 88.1 cm³/mol. The number of hydrogen-bond acceptors (Lipinski definition) is 6. The zero-order valence-corrected chi connectivity index (χ0v) is 14.1. The minimum absolute atomic E-state index is 0.191. The molecule has 0 bridgehead atoms. The maximum Gasteiger partial charge on any atom is 0.258 e. The lowest BCUT2D eigenvalue weighted by atomic mass is 10.1. The summed E-state index contributed by atoms with van der Waals surface area (Å²) in [5, 5.41) is 13.9. The second kappa shape index (κ2) is 6.48. The molecule has 2 aliphatic rings.